The third-order valence-corrected chi connectivity index (χ3v) is 6.64. The predicted molar refractivity (Wildman–Crippen MR) is 81.6 cm³/mol. The second-order valence-electron chi connectivity index (χ2n) is 6.33. The third kappa shape index (κ3) is 2.72. The highest BCUT2D eigenvalue weighted by Gasteiger charge is 2.47. The summed E-state index contributed by atoms with van der Waals surface area (Å²) < 4.78 is 27.1. The summed E-state index contributed by atoms with van der Waals surface area (Å²) in [5, 5.41) is 11.8. The van der Waals surface area contributed by atoms with Gasteiger partial charge in [-0.3, -0.25) is 4.79 Å². The zero-order valence-corrected chi connectivity index (χ0v) is 13.5. The molecule has 7 nitrogen and oxygen atoms in total. The average Bonchev–Trinajstić information content (AvgIpc) is 3.06. The quantitative estimate of drug-likeness (QED) is 0.840. The molecule has 1 aromatic carbocycles. The van der Waals surface area contributed by atoms with E-state index in [4.69, 9.17) is 5.11 Å². The molecule has 1 unspecified atom stereocenters. The Morgan fingerprint density at radius 3 is 2.74 bits per heavy atom. The average molecular weight is 338 g/mol. The molecule has 2 N–H and O–H groups in total. The second-order valence-corrected chi connectivity index (χ2v) is 8.23. The Labute approximate surface area is 134 Å². The van der Waals surface area contributed by atoms with Gasteiger partial charge in [-0.05, 0) is 31.0 Å². The number of benzene rings is 1. The maximum Gasteiger partial charge on any atom is 0.335 e. The van der Waals surface area contributed by atoms with E-state index in [0.29, 0.717) is 31.5 Å². The summed E-state index contributed by atoms with van der Waals surface area (Å²) in [6.07, 6.45) is 0.968. The minimum atomic E-state index is -3.78. The van der Waals surface area contributed by atoms with Gasteiger partial charge in [0.05, 0.1) is 10.5 Å². The van der Waals surface area contributed by atoms with Crippen molar-refractivity contribution in [2.45, 2.75) is 24.7 Å². The van der Waals surface area contributed by atoms with Crippen LogP contribution < -0.4 is 5.32 Å². The third-order valence-electron chi connectivity index (χ3n) is 4.65. The molecule has 1 spiro atoms. The van der Waals surface area contributed by atoms with Crippen LogP contribution >= 0.6 is 0 Å². The molecule has 2 aliphatic heterocycles. The van der Waals surface area contributed by atoms with Gasteiger partial charge in [0, 0.05) is 31.5 Å². The van der Waals surface area contributed by atoms with Crippen molar-refractivity contribution in [3.8, 4) is 0 Å². The van der Waals surface area contributed by atoms with E-state index >= 15 is 0 Å². The molecule has 2 aliphatic rings. The first-order valence-corrected chi connectivity index (χ1v) is 8.78. The SMILES string of the molecule is Cc1ccc(C(=O)O)cc1S(=O)(=O)N1CCC2(CNC(=O)C2)C1. The number of amides is 1. The lowest BCUT2D eigenvalue weighted by Crippen LogP contribution is -2.33. The van der Waals surface area contributed by atoms with Crippen LogP contribution in [0.2, 0.25) is 0 Å². The van der Waals surface area contributed by atoms with Crippen molar-refractivity contribution in [1.82, 2.24) is 9.62 Å². The second kappa shape index (κ2) is 5.31. The summed E-state index contributed by atoms with van der Waals surface area (Å²) >= 11 is 0. The first kappa shape index (κ1) is 15.9. The Hall–Kier alpha value is -1.93. The highest BCUT2D eigenvalue weighted by atomic mass is 32.2. The molecule has 0 saturated carbocycles. The number of carboxylic acid groups (broad SMARTS) is 1. The Kier molecular flexibility index (Phi) is 3.68. The number of carbonyl (C=O) groups excluding carboxylic acids is 1. The Morgan fingerprint density at radius 2 is 2.13 bits per heavy atom. The fourth-order valence-corrected chi connectivity index (χ4v) is 5.09. The molecular weight excluding hydrogens is 320 g/mol. The number of rotatable bonds is 3. The van der Waals surface area contributed by atoms with E-state index in [1.807, 2.05) is 0 Å². The summed E-state index contributed by atoms with van der Waals surface area (Å²) in [4.78, 5) is 22.6. The number of nitrogens with one attached hydrogen (secondary N) is 1. The summed E-state index contributed by atoms with van der Waals surface area (Å²) in [5.41, 5.74) is 0.125. The van der Waals surface area contributed by atoms with E-state index in [-0.39, 0.29) is 28.3 Å². The zero-order chi connectivity index (χ0) is 16.8. The summed E-state index contributed by atoms with van der Waals surface area (Å²) in [6, 6.07) is 4.10. The fraction of sp³-hybridized carbons (Fsp3) is 0.467. The summed E-state index contributed by atoms with van der Waals surface area (Å²) in [7, 11) is -3.78. The van der Waals surface area contributed by atoms with E-state index in [2.05, 4.69) is 5.32 Å². The smallest absolute Gasteiger partial charge is 0.335 e. The van der Waals surface area contributed by atoms with E-state index in [0.717, 1.165) is 0 Å². The molecular formula is C15H18N2O5S. The fourth-order valence-electron chi connectivity index (χ4n) is 3.29. The molecule has 0 aromatic heterocycles. The van der Waals surface area contributed by atoms with Crippen molar-refractivity contribution < 1.29 is 23.1 Å². The largest absolute Gasteiger partial charge is 0.478 e. The van der Waals surface area contributed by atoms with Crippen molar-refractivity contribution in [2.24, 2.45) is 5.41 Å². The number of aryl methyl sites for hydroxylation is 1. The molecule has 2 fully saturated rings. The number of aromatic carboxylic acids is 1. The predicted octanol–water partition coefficient (Wildman–Crippen LogP) is 0.594. The molecule has 0 radical (unpaired) electrons. The van der Waals surface area contributed by atoms with Crippen molar-refractivity contribution in [2.75, 3.05) is 19.6 Å². The lowest BCUT2D eigenvalue weighted by molar-refractivity contribution is -0.119. The minimum Gasteiger partial charge on any atom is -0.478 e. The molecule has 3 rings (SSSR count). The lowest BCUT2D eigenvalue weighted by Gasteiger charge is -2.22. The summed E-state index contributed by atoms with van der Waals surface area (Å²) in [6.45, 7) is 2.76. The minimum absolute atomic E-state index is 0.0201. The van der Waals surface area contributed by atoms with Crippen LogP contribution in [-0.2, 0) is 14.8 Å². The van der Waals surface area contributed by atoms with Gasteiger partial charge < -0.3 is 10.4 Å². The topological polar surface area (TPSA) is 104 Å². The highest BCUT2D eigenvalue weighted by Crippen LogP contribution is 2.39. The standard InChI is InChI=1S/C15H18N2O5S/c1-10-2-3-11(14(19)20)6-12(10)23(21,22)17-5-4-15(9-17)7-13(18)16-8-15/h2-3,6H,4-5,7-9H2,1H3,(H,16,18)(H,19,20). The molecule has 1 atom stereocenters. The monoisotopic (exact) mass is 338 g/mol. The van der Waals surface area contributed by atoms with Crippen LogP contribution in [0.1, 0.15) is 28.8 Å². The van der Waals surface area contributed by atoms with Crippen molar-refractivity contribution >= 4 is 21.9 Å². The normalized spacial score (nSPS) is 25.0. The number of carbonyl (C=O) groups is 2. The molecule has 1 aromatic rings. The zero-order valence-electron chi connectivity index (χ0n) is 12.7. The Morgan fingerprint density at radius 1 is 1.39 bits per heavy atom. The van der Waals surface area contributed by atoms with Crippen LogP contribution in [0.25, 0.3) is 0 Å². The lowest BCUT2D eigenvalue weighted by atomic mass is 9.86. The number of nitrogens with zero attached hydrogens (tertiary/aromatic N) is 1. The molecule has 2 heterocycles. The molecule has 0 bridgehead atoms. The van der Waals surface area contributed by atoms with Crippen LogP contribution in [0.3, 0.4) is 0 Å². The first-order valence-electron chi connectivity index (χ1n) is 7.34. The molecule has 0 aliphatic carbocycles. The van der Waals surface area contributed by atoms with Gasteiger partial charge in [-0.2, -0.15) is 4.31 Å². The number of sulfonamides is 1. The van der Waals surface area contributed by atoms with Crippen LogP contribution in [0, 0.1) is 12.3 Å². The first-order chi connectivity index (χ1) is 10.7. The van der Waals surface area contributed by atoms with E-state index in [9.17, 15) is 18.0 Å². The Balaban J connectivity index is 1.92. The van der Waals surface area contributed by atoms with Crippen LogP contribution in [0.4, 0.5) is 0 Å². The van der Waals surface area contributed by atoms with Crippen molar-refractivity contribution in [3.63, 3.8) is 0 Å². The number of carboxylic acids is 1. The molecule has 124 valence electrons. The van der Waals surface area contributed by atoms with Crippen LogP contribution in [0.15, 0.2) is 23.1 Å². The van der Waals surface area contributed by atoms with Crippen molar-refractivity contribution in [1.29, 1.82) is 0 Å². The Bertz CT molecular complexity index is 789. The number of hydrogen-bond acceptors (Lipinski definition) is 4. The van der Waals surface area contributed by atoms with E-state index in [1.54, 1.807) is 6.92 Å². The number of hydrogen-bond donors (Lipinski definition) is 2. The van der Waals surface area contributed by atoms with Crippen LogP contribution in [0.5, 0.6) is 0 Å². The van der Waals surface area contributed by atoms with Gasteiger partial charge in [0.25, 0.3) is 0 Å². The summed E-state index contributed by atoms with van der Waals surface area (Å²) in [5.74, 6) is -1.21. The molecule has 8 heteroatoms. The molecule has 1 amide bonds. The molecule has 23 heavy (non-hydrogen) atoms. The van der Waals surface area contributed by atoms with Gasteiger partial charge in [0.15, 0.2) is 0 Å². The van der Waals surface area contributed by atoms with E-state index < -0.39 is 16.0 Å². The van der Waals surface area contributed by atoms with Gasteiger partial charge in [-0.25, -0.2) is 13.2 Å². The van der Waals surface area contributed by atoms with Gasteiger partial charge in [-0.15, -0.1) is 0 Å². The van der Waals surface area contributed by atoms with Crippen LogP contribution in [-0.4, -0.2) is 49.3 Å². The maximum absolute atomic E-state index is 12.9. The van der Waals surface area contributed by atoms with Gasteiger partial charge in [0.1, 0.15) is 0 Å². The van der Waals surface area contributed by atoms with Gasteiger partial charge in [0.2, 0.25) is 15.9 Å². The van der Waals surface area contributed by atoms with Gasteiger partial charge in [-0.1, -0.05) is 6.07 Å². The van der Waals surface area contributed by atoms with Gasteiger partial charge >= 0.3 is 5.97 Å². The maximum atomic E-state index is 12.9. The highest BCUT2D eigenvalue weighted by molar-refractivity contribution is 7.89. The molecule has 2 saturated heterocycles. The van der Waals surface area contributed by atoms with Crippen molar-refractivity contribution in [3.05, 3.63) is 29.3 Å². The van der Waals surface area contributed by atoms with E-state index in [1.165, 1.54) is 22.5 Å².